The Morgan fingerprint density at radius 3 is 1.81 bits per heavy atom. The zero-order chi connectivity index (χ0) is 20.3. The molecule has 3 aliphatic heterocycles. The molecule has 2 spiro atoms. The van der Waals surface area contributed by atoms with Gasteiger partial charge in [-0.25, -0.2) is 0 Å². The molecule has 0 unspecified atom stereocenters. The third kappa shape index (κ3) is 6.94. The van der Waals surface area contributed by atoms with E-state index in [1.807, 2.05) is 17.0 Å². The Bertz CT molecular complexity index is 740. The van der Waals surface area contributed by atoms with Crippen LogP contribution in [-0.4, -0.2) is 65.4 Å². The summed E-state index contributed by atoms with van der Waals surface area (Å²) < 4.78 is 26.0. The lowest BCUT2D eigenvalue weighted by Crippen LogP contribution is -2.45. The first-order chi connectivity index (χ1) is 14.0. The number of allylic oxidation sites excluding steroid dienone is 1. The molecule has 5 aliphatic rings. The zero-order valence-corrected chi connectivity index (χ0v) is 20.7. The van der Waals surface area contributed by atoms with Crippen molar-refractivity contribution in [3.05, 3.63) is 27.4 Å². The lowest BCUT2D eigenvalue weighted by atomic mass is 9.85. The van der Waals surface area contributed by atoms with Crippen LogP contribution < -0.4 is 0 Å². The third-order valence-electron chi connectivity index (χ3n) is 5.34. The van der Waals surface area contributed by atoms with Crippen LogP contribution in [0, 0.1) is 0 Å². The highest BCUT2D eigenvalue weighted by molar-refractivity contribution is 9.12. The molecule has 2 aliphatic carbocycles. The Labute approximate surface area is 210 Å². The second kappa shape index (κ2) is 11.9. The van der Waals surface area contributed by atoms with Gasteiger partial charge in [-0.05, 0) is 37.9 Å². The highest BCUT2D eigenvalue weighted by Crippen LogP contribution is 2.46. The van der Waals surface area contributed by atoms with Gasteiger partial charge in [0.2, 0.25) is 0 Å². The molecule has 0 aromatic carbocycles. The van der Waals surface area contributed by atoms with Crippen LogP contribution in [0.2, 0.25) is 0 Å². The number of halogens is 3. The van der Waals surface area contributed by atoms with E-state index in [4.69, 9.17) is 18.9 Å². The van der Waals surface area contributed by atoms with E-state index in [2.05, 4.69) is 57.9 Å². The maximum atomic E-state index is 5.56. The Morgan fingerprint density at radius 1 is 0.903 bits per heavy atom. The number of aliphatic imine (C=N–C) groups is 1. The molecule has 1 aromatic rings. The van der Waals surface area contributed by atoms with Crippen molar-refractivity contribution < 1.29 is 18.9 Å². The minimum atomic E-state index is -0.275. The molecule has 0 atom stereocenters. The number of hydrogen-bond donors (Lipinski definition) is 0. The monoisotopic (exact) mass is 627 g/mol. The summed E-state index contributed by atoms with van der Waals surface area (Å²) in [5, 5.41) is 4.25. The third-order valence-corrected chi connectivity index (χ3v) is 6.92. The molecule has 6 rings (SSSR count). The highest BCUT2D eigenvalue weighted by Gasteiger charge is 2.50. The molecule has 2 saturated carbocycles. The summed E-state index contributed by atoms with van der Waals surface area (Å²) in [5.74, 6) is -0.433. The van der Waals surface area contributed by atoms with E-state index in [0.717, 1.165) is 67.6 Å². The van der Waals surface area contributed by atoms with Gasteiger partial charge in [0, 0.05) is 47.4 Å². The number of aromatic nitrogens is 2. The summed E-state index contributed by atoms with van der Waals surface area (Å²) in [7, 11) is 0. The van der Waals surface area contributed by atoms with E-state index in [1.54, 1.807) is 12.4 Å². The van der Waals surface area contributed by atoms with E-state index >= 15 is 0 Å². The van der Waals surface area contributed by atoms with Crippen LogP contribution in [0.3, 0.4) is 0 Å². The number of ether oxygens (including phenoxy) is 4. The molecule has 2 saturated heterocycles. The Kier molecular flexibility index (Phi) is 10.4. The summed E-state index contributed by atoms with van der Waals surface area (Å²) in [6, 6.07) is 0.430. The topological polar surface area (TPSA) is 67.1 Å². The second-order valence-electron chi connectivity index (χ2n) is 7.50. The van der Waals surface area contributed by atoms with Gasteiger partial charge >= 0.3 is 0 Å². The normalized spacial score (nSPS) is 26.4. The molecule has 4 fully saturated rings. The molecule has 0 radical (unpaired) electrons. The number of alkyl halides is 1. The predicted octanol–water partition coefficient (Wildman–Crippen LogP) is 5.63. The molecular weight excluding hydrogens is 598 g/mol. The summed E-state index contributed by atoms with van der Waals surface area (Å²) in [4.78, 5) is 4.52. The Hall–Kier alpha value is -0.100. The van der Waals surface area contributed by atoms with Crippen LogP contribution in [0.1, 0.15) is 46.6 Å². The summed E-state index contributed by atoms with van der Waals surface area (Å²) in [5.41, 5.74) is 0. The fraction of sp³-hybridized carbons (Fsp3) is 0.714. The second-order valence-corrected chi connectivity index (χ2v) is 10.6. The Morgan fingerprint density at radius 2 is 1.45 bits per heavy atom. The van der Waals surface area contributed by atoms with Crippen LogP contribution in [0.25, 0.3) is 0 Å². The van der Waals surface area contributed by atoms with E-state index < -0.39 is 0 Å². The molecule has 176 valence electrons. The van der Waals surface area contributed by atoms with E-state index in [0.29, 0.717) is 10.9 Å². The molecule has 4 heterocycles. The highest BCUT2D eigenvalue weighted by atomic mass is 79.9. The first-order valence-corrected chi connectivity index (χ1v) is 12.2. The maximum Gasteiger partial charge on any atom is 0.172 e. The number of rotatable bonds is 1. The summed E-state index contributed by atoms with van der Waals surface area (Å²) >= 11 is 10.1. The first-order valence-electron chi connectivity index (χ1n) is 9.73. The van der Waals surface area contributed by atoms with Crippen LogP contribution in [0.15, 0.2) is 32.4 Å². The van der Waals surface area contributed by atoms with E-state index in [1.165, 1.54) is 0 Å². The number of hydrogen-bond acceptors (Lipinski definition) is 6. The van der Waals surface area contributed by atoms with Crippen LogP contribution in [0.5, 0.6) is 0 Å². The quantitative estimate of drug-likeness (QED) is 0.377. The van der Waals surface area contributed by atoms with Crippen molar-refractivity contribution in [2.24, 2.45) is 4.99 Å². The van der Waals surface area contributed by atoms with Gasteiger partial charge in [-0.15, -0.1) is 0 Å². The van der Waals surface area contributed by atoms with Crippen molar-refractivity contribution in [1.82, 2.24) is 9.78 Å². The van der Waals surface area contributed by atoms with Gasteiger partial charge in [0.1, 0.15) is 0 Å². The molecule has 31 heavy (non-hydrogen) atoms. The van der Waals surface area contributed by atoms with Gasteiger partial charge in [-0.3, -0.25) is 9.67 Å². The van der Waals surface area contributed by atoms with Crippen molar-refractivity contribution in [2.75, 3.05) is 33.0 Å². The fourth-order valence-corrected chi connectivity index (χ4v) is 5.35. The average molecular weight is 630 g/mol. The first kappa shape index (κ1) is 27.1. The van der Waals surface area contributed by atoms with E-state index in [-0.39, 0.29) is 26.4 Å². The fourth-order valence-electron chi connectivity index (χ4n) is 3.77. The minimum absolute atomic E-state index is 0. The largest absolute Gasteiger partial charge is 0.347 e. The van der Waals surface area contributed by atoms with Crippen molar-refractivity contribution >= 4 is 54.0 Å². The SMILES string of the molecule is BrC1=CCN=C1.BrC1CC2(C1)OCCO2.Brc1cnn(C2CC3(C2)OCCO3)c1.C.C. The van der Waals surface area contributed by atoms with Crippen LogP contribution in [-0.2, 0) is 18.9 Å². The van der Waals surface area contributed by atoms with Gasteiger partial charge in [-0.2, -0.15) is 5.10 Å². The van der Waals surface area contributed by atoms with Gasteiger partial charge in [0.05, 0.1) is 49.7 Å². The molecule has 0 amide bonds. The molecule has 0 N–H and O–H groups in total. The zero-order valence-electron chi connectivity index (χ0n) is 15.9. The van der Waals surface area contributed by atoms with Crippen molar-refractivity contribution in [1.29, 1.82) is 0 Å². The maximum absolute atomic E-state index is 5.56. The molecule has 7 nitrogen and oxygen atoms in total. The molecule has 10 heteroatoms. The Balaban J connectivity index is 0.000000174. The van der Waals surface area contributed by atoms with Crippen LogP contribution >= 0.6 is 47.8 Å². The standard InChI is InChI=1S/C9H11BrN2O2.C6H9BrO2.C4H4BrN.2CH4/c10-7-5-11-12(6-7)8-3-9(4-8)13-1-2-14-9;7-5-3-6(4-5)8-1-2-9-6;5-4-1-2-6-3-4;;/h5-6,8H,1-4H2;5H,1-4H2;1,3H,2H2;2*1H4. The van der Waals surface area contributed by atoms with Gasteiger partial charge in [0.25, 0.3) is 0 Å². The van der Waals surface area contributed by atoms with Gasteiger partial charge < -0.3 is 18.9 Å². The molecular formula is C21H32Br3N3O4. The molecule has 0 bridgehead atoms. The van der Waals surface area contributed by atoms with Crippen molar-refractivity contribution in [3.63, 3.8) is 0 Å². The minimum Gasteiger partial charge on any atom is -0.347 e. The summed E-state index contributed by atoms with van der Waals surface area (Å²) in [6.07, 6.45) is 11.5. The van der Waals surface area contributed by atoms with Gasteiger partial charge in [0.15, 0.2) is 11.6 Å². The lowest BCUT2D eigenvalue weighted by molar-refractivity contribution is -0.227. The molecule has 1 aromatic heterocycles. The van der Waals surface area contributed by atoms with Crippen molar-refractivity contribution in [3.8, 4) is 0 Å². The summed E-state index contributed by atoms with van der Waals surface area (Å²) in [6.45, 7) is 3.87. The lowest BCUT2D eigenvalue weighted by Gasteiger charge is -2.42. The van der Waals surface area contributed by atoms with E-state index in [9.17, 15) is 0 Å². The average Bonchev–Trinajstić information content (AvgIpc) is 3.41. The van der Waals surface area contributed by atoms with Gasteiger partial charge in [-0.1, -0.05) is 30.8 Å². The predicted molar refractivity (Wildman–Crippen MR) is 133 cm³/mol. The van der Waals surface area contributed by atoms with Crippen molar-refractivity contribution in [2.45, 2.75) is 63.0 Å². The van der Waals surface area contributed by atoms with Crippen LogP contribution in [0.4, 0.5) is 0 Å². The smallest absolute Gasteiger partial charge is 0.172 e. The number of nitrogens with zero attached hydrogens (tertiary/aromatic N) is 3.